The SMILES string of the molecule is CCC(=O)C(CC)=NN(Cc1ccccc1)[SiH](C)C. The summed E-state index contributed by atoms with van der Waals surface area (Å²) in [6, 6.07) is 10.3. The molecule has 3 nitrogen and oxygen atoms in total. The highest BCUT2D eigenvalue weighted by Gasteiger charge is 2.13. The second-order valence-electron chi connectivity index (χ2n) is 4.85. The molecule has 0 saturated heterocycles. The smallest absolute Gasteiger partial charge is 0.178 e. The minimum atomic E-state index is -1.08. The van der Waals surface area contributed by atoms with Crippen LogP contribution in [0.15, 0.2) is 35.4 Å². The number of benzene rings is 1. The molecule has 0 aliphatic rings. The molecule has 0 saturated carbocycles. The van der Waals surface area contributed by atoms with E-state index in [4.69, 9.17) is 0 Å². The molecule has 0 fully saturated rings. The Balaban J connectivity index is 2.89. The fourth-order valence-electron chi connectivity index (χ4n) is 1.79. The van der Waals surface area contributed by atoms with Crippen molar-refractivity contribution in [1.82, 2.24) is 4.67 Å². The van der Waals surface area contributed by atoms with Crippen molar-refractivity contribution in [3.05, 3.63) is 35.9 Å². The summed E-state index contributed by atoms with van der Waals surface area (Å²) in [5.74, 6) is 0.162. The molecule has 0 radical (unpaired) electrons. The van der Waals surface area contributed by atoms with E-state index in [2.05, 4.69) is 35.0 Å². The number of rotatable bonds is 7. The zero-order valence-corrected chi connectivity index (χ0v) is 13.5. The maximum absolute atomic E-state index is 11.8. The van der Waals surface area contributed by atoms with E-state index in [9.17, 15) is 4.79 Å². The number of carbonyl (C=O) groups excluding carboxylic acids is 1. The predicted molar refractivity (Wildman–Crippen MR) is 83.9 cm³/mol. The Morgan fingerprint density at radius 3 is 2.26 bits per heavy atom. The Bertz CT molecular complexity index is 429. The number of Topliss-reactive ketones (excluding diaryl/α,β-unsaturated/α-hetero) is 1. The van der Waals surface area contributed by atoms with Gasteiger partial charge in [-0.2, -0.15) is 5.10 Å². The molecule has 0 amide bonds. The van der Waals surface area contributed by atoms with Gasteiger partial charge < -0.3 is 4.67 Å². The summed E-state index contributed by atoms with van der Waals surface area (Å²) in [6.07, 6.45) is 1.24. The van der Waals surface area contributed by atoms with E-state index in [1.165, 1.54) is 5.56 Å². The third kappa shape index (κ3) is 4.99. The number of hydrogen-bond acceptors (Lipinski definition) is 3. The van der Waals surface area contributed by atoms with Crippen LogP contribution >= 0.6 is 0 Å². The molecule has 0 bridgehead atoms. The average Bonchev–Trinajstić information content (AvgIpc) is 2.43. The molecule has 0 heterocycles. The lowest BCUT2D eigenvalue weighted by atomic mass is 10.1. The lowest BCUT2D eigenvalue weighted by Gasteiger charge is -2.24. The van der Waals surface area contributed by atoms with Crippen molar-refractivity contribution in [1.29, 1.82) is 0 Å². The van der Waals surface area contributed by atoms with Crippen molar-refractivity contribution in [3.63, 3.8) is 0 Å². The molecular formula is C15H24N2OSi. The molecule has 0 aliphatic heterocycles. The first-order valence-electron chi connectivity index (χ1n) is 6.99. The first-order valence-corrected chi connectivity index (χ1v) is 9.82. The summed E-state index contributed by atoms with van der Waals surface area (Å²) in [4.78, 5) is 11.8. The lowest BCUT2D eigenvalue weighted by molar-refractivity contribution is -0.112. The fraction of sp³-hybridized carbons (Fsp3) is 0.467. The van der Waals surface area contributed by atoms with Crippen LogP contribution in [-0.2, 0) is 11.3 Å². The Labute approximate surface area is 118 Å². The van der Waals surface area contributed by atoms with Crippen LogP contribution in [0.1, 0.15) is 32.3 Å². The molecule has 0 unspecified atom stereocenters. The molecule has 0 N–H and O–H groups in total. The average molecular weight is 276 g/mol. The Kier molecular flexibility index (Phi) is 6.49. The number of hydrazone groups is 1. The molecule has 104 valence electrons. The molecule has 0 aliphatic carbocycles. The molecule has 0 aromatic heterocycles. The fourth-order valence-corrected chi connectivity index (χ4v) is 2.73. The van der Waals surface area contributed by atoms with Crippen molar-refractivity contribution in [2.75, 3.05) is 0 Å². The van der Waals surface area contributed by atoms with E-state index in [-0.39, 0.29) is 5.78 Å². The van der Waals surface area contributed by atoms with Crippen molar-refractivity contribution < 1.29 is 4.79 Å². The van der Waals surface area contributed by atoms with Crippen LogP contribution < -0.4 is 0 Å². The Morgan fingerprint density at radius 2 is 1.79 bits per heavy atom. The van der Waals surface area contributed by atoms with Crippen LogP contribution in [0.25, 0.3) is 0 Å². The van der Waals surface area contributed by atoms with Crippen molar-refractivity contribution in [2.24, 2.45) is 5.10 Å². The Hall–Kier alpha value is -1.42. The van der Waals surface area contributed by atoms with Gasteiger partial charge in [0.05, 0.1) is 6.54 Å². The van der Waals surface area contributed by atoms with E-state index >= 15 is 0 Å². The van der Waals surface area contributed by atoms with E-state index in [0.29, 0.717) is 18.6 Å². The molecule has 4 heteroatoms. The van der Waals surface area contributed by atoms with Crippen molar-refractivity contribution in [3.8, 4) is 0 Å². The zero-order valence-electron chi connectivity index (χ0n) is 12.4. The van der Waals surface area contributed by atoms with E-state index < -0.39 is 8.96 Å². The maximum atomic E-state index is 11.8. The second kappa shape index (κ2) is 7.89. The molecule has 0 spiro atoms. The quantitative estimate of drug-likeness (QED) is 0.435. The summed E-state index contributed by atoms with van der Waals surface area (Å²) in [6.45, 7) is 9.15. The first-order chi connectivity index (χ1) is 9.08. The molecule has 1 rings (SSSR count). The monoisotopic (exact) mass is 276 g/mol. The lowest BCUT2D eigenvalue weighted by Crippen LogP contribution is -2.31. The van der Waals surface area contributed by atoms with Gasteiger partial charge in [0.2, 0.25) is 0 Å². The van der Waals surface area contributed by atoms with Crippen LogP contribution in [0.3, 0.4) is 0 Å². The first kappa shape index (κ1) is 15.6. The third-order valence-electron chi connectivity index (χ3n) is 3.01. The summed E-state index contributed by atoms with van der Waals surface area (Å²) in [5, 5.41) is 4.62. The van der Waals surface area contributed by atoms with Crippen LogP contribution in [0.4, 0.5) is 0 Å². The summed E-state index contributed by atoms with van der Waals surface area (Å²) in [5.41, 5.74) is 1.95. The normalized spacial score (nSPS) is 11.7. The van der Waals surface area contributed by atoms with Gasteiger partial charge in [0, 0.05) is 6.42 Å². The molecular weight excluding hydrogens is 252 g/mol. The van der Waals surface area contributed by atoms with E-state index in [0.717, 1.165) is 6.54 Å². The zero-order chi connectivity index (χ0) is 14.3. The van der Waals surface area contributed by atoms with E-state index in [1.54, 1.807) is 0 Å². The summed E-state index contributed by atoms with van der Waals surface area (Å²) in [7, 11) is -1.08. The summed E-state index contributed by atoms with van der Waals surface area (Å²) >= 11 is 0. The van der Waals surface area contributed by atoms with Crippen molar-refractivity contribution >= 4 is 20.5 Å². The molecule has 1 aromatic carbocycles. The van der Waals surface area contributed by atoms with Gasteiger partial charge in [-0.15, -0.1) is 0 Å². The number of carbonyl (C=O) groups is 1. The minimum Gasteiger partial charge on any atom is -0.323 e. The van der Waals surface area contributed by atoms with Gasteiger partial charge in [-0.1, -0.05) is 57.3 Å². The minimum absolute atomic E-state index is 0.162. The van der Waals surface area contributed by atoms with Gasteiger partial charge in [-0.25, -0.2) is 0 Å². The number of nitrogens with zero attached hydrogens (tertiary/aromatic N) is 2. The largest absolute Gasteiger partial charge is 0.323 e. The van der Waals surface area contributed by atoms with Gasteiger partial charge >= 0.3 is 0 Å². The summed E-state index contributed by atoms with van der Waals surface area (Å²) < 4.78 is 2.13. The van der Waals surface area contributed by atoms with Crippen LogP contribution in [0.2, 0.25) is 13.1 Å². The topological polar surface area (TPSA) is 32.7 Å². The standard InChI is InChI=1S/C15H24N2OSi/c1-5-14(15(18)6-2)16-17(19(3)4)12-13-10-8-7-9-11-13/h7-11,19H,5-6,12H2,1-4H3. The Morgan fingerprint density at radius 1 is 1.16 bits per heavy atom. The van der Waals surface area contributed by atoms with E-state index in [1.807, 2.05) is 32.0 Å². The van der Waals surface area contributed by atoms with Crippen LogP contribution in [0.5, 0.6) is 0 Å². The molecule has 19 heavy (non-hydrogen) atoms. The number of hydrogen-bond donors (Lipinski definition) is 0. The highest BCUT2D eigenvalue weighted by molar-refractivity contribution is 6.52. The predicted octanol–water partition coefficient (Wildman–Crippen LogP) is 3.22. The van der Waals surface area contributed by atoms with Gasteiger partial charge in [-0.05, 0) is 12.0 Å². The van der Waals surface area contributed by atoms with Gasteiger partial charge in [-0.3, -0.25) is 4.79 Å². The third-order valence-corrected chi connectivity index (χ3v) is 4.50. The maximum Gasteiger partial charge on any atom is 0.178 e. The number of ketones is 1. The van der Waals surface area contributed by atoms with Gasteiger partial charge in [0.1, 0.15) is 5.71 Å². The van der Waals surface area contributed by atoms with Crippen molar-refractivity contribution in [2.45, 2.75) is 46.3 Å². The second-order valence-corrected chi connectivity index (χ2v) is 7.64. The highest BCUT2D eigenvalue weighted by Crippen LogP contribution is 2.08. The van der Waals surface area contributed by atoms with Gasteiger partial charge in [0.25, 0.3) is 0 Å². The molecule has 1 aromatic rings. The highest BCUT2D eigenvalue weighted by atomic mass is 28.3. The van der Waals surface area contributed by atoms with Crippen LogP contribution in [-0.4, -0.2) is 25.1 Å². The molecule has 0 atom stereocenters. The van der Waals surface area contributed by atoms with Gasteiger partial charge in [0.15, 0.2) is 14.7 Å². The van der Waals surface area contributed by atoms with Crippen LogP contribution in [0, 0.1) is 0 Å².